The topological polar surface area (TPSA) is 95.2 Å². The van der Waals surface area contributed by atoms with Crippen molar-refractivity contribution >= 4 is 27.3 Å². The molecule has 3 heterocycles. The standard InChI is InChI=1S/C26H34N4O3S2/c1-3-4-5-8-20-11-13-21(14-12-20)35(32,33)27-16-15-22-25(23-9-6-17-30(23)19(2)31)28-29-26(22)24-10-7-18-34-24/h7,10-14,18,23,27H,3-6,8-9,15-17H2,1-2H3,(H,28,29). The first-order chi connectivity index (χ1) is 16.9. The van der Waals surface area contributed by atoms with Gasteiger partial charge in [0.05, 0.1) is 21.5 Å². The van der Waals surface area contributed by atoms with Crippen LogP contribution in [0.2, 0.25) is 0 Å². The normalized spacial score (nSPS) is 16.2. The van der Waals surface area contributed by atoms with Gasteiger partial charge in [-0.25, -0.2) is 13.1 Å². The van der Waals surface area contributed by atoms with E-state index in [0.29, 0.717) is 6.42 Å². The lowest BCUT2D eigenvalue weighted by atomic mass is 10.0. The van der Waals surface area contributed by atoms with Crippen molar-refractivity contribution in [3.63, 3.8) is 0 Å². The predicted molar refractivity (Wildman–Crippen MR) is 140 cm³/mol. The van der Waals surface area contributed by atoms with Crippen molar-refractivity contribution in [3.8, 4) is 10.6 Å². The smallest absolute Gasteiger partial charge is 0.240 e. The maximum absolute atomic E-state index is 12.9. The van der Waals surface area contributed by atoms with E-state index in [9.17, 15) is 13.2 Å². The first-order valence-corrected chi connectivity index (χ1v) is 14.7. The Labute approximate surface area is 212 Å². The molecule has 0 saturated carbocycles. The molecule has 1 saturated heterocycles. The third-order valence-electron chi connectivity index (χ3n) is 6.61. The number of carbonyl (C=O) groups is 1. The number of benzene rings is 1. The minimum atomic E-state index is -3.62. The molecule has 0 radical (unpaired) electrons. The number of H-pyrrole nitrogens is 1. The Morgan fingerprint density at radius 2 is 2.00 bits per heavy atom. The van der Waals surface area contributed by atoms with Gasteiger partial charge in [0.15, 0.2) is 0 Å². The number of thiophene rings is 1. The summed E-state index contributed by atoms with van der Waals surface area (Å²) >= 11 is 1.60. The van der Waals surface area contributed by atoms with Crippen molar-refractivity contribution in [2.75, 3.05) is 13.1 Å². The molecule has 0 aliphatic carbocycles. The predicted octanol–water partition coefficient (Wildman–Crippen LogP) is 5.08. The second-order valence-electron chi connectivity index (χ2n) is 9.06. The van der Waals surface area contributed by atoms with Gasteiger partial charge in [0.1, 0.15) is 5.69 Å². The zero-order valence-corrected chi connectivity index (χ0v) is 22.1. The van der Waals surface area contributed by atoms with Crippen LogP contribution in [0.4, 0.5) is 0 Å². The molecule has 35 heavy (non-hydrogen) atoms. The number of aromatic nitrogens is 2. The molecule has 188 valence electrons. The Balaban J connectivity index is 1.49. The van der Waals surface area contributed by atoms with Gasteiger partial charge >= 0.3 is 0 Å². The van der Waals surface area contributed by atoms with Gasteiger partial charge in [-0.1, -0.05) is 38.0 Å². The molecule has 2 N–H and O–H groups in total. The van der Waals surface area contributed by atoms with Gasteiger partial charge in [0.25, 0.3) is 0 Å². The van der Waals surface area contributed by atoms with Crippen LogP contribution in [-0.2, 0) is 27.7 Å². The van der Waals surface area contributed by atoms with Gasteiger partial charge in [-0.05, 0) is 61.2 Å². The number of aryl methyl sites for hydroxylation is 1. The molecule has 4 rings (SSSR count). The van der Waals surface area contributed by atoms with Crippen molar-refractivity contribution in [2.24, 2.45) is 0 Å². The van der Waals surface area contributed by atoms with Crippen molar-refractivity contribution < 1.29 is 13.2 Å². The van der Waals surface area contributed by atoms with Gasteiger partial charge in [-0.3, -0.25) is 9.89 Å². The van der Waals surface area contributed by atoms with Crippen LogP contribution in [-0.4, -0.2) is 42.5 Å². The summed E-state index contributed by atoms with van der Waals surface area (Å²) in [5, 5.41) is 9.76. The van der Waals surface area contributed by atoms with Crippen molar-refractivity contribution in [2.45, 2.75) is 69.7 Å². The van der Waals surface area contributed by atoms with E-state index in [0.717, 1.165) is 66.0 Å². The van der Waals surface area contributed by atoms with Crippen LogP contribution in [0.15, 0.2) is 46.7 Å². The fourth-order valence-corrected chi connectivity index (χ4v) is 6.55. The minimum absolute atomic E-state index is 0.0459. The number of nitrogens with one attached hydrogen (secondary N) is 2. The quantitative estimate of drug-likeness (QED) is 0.349. The molecule has 1 fully saturated rings. The summed E-state index contributed by atoms with van der Waals surface area (Å²) in [5.41, 5.74) is 3.88. The first-order valence-electron chi connectivity index (χ1n) is 12.4. The third-order valence-corrected chi connectivity index (χ3v) is 8.97. The fraction of sp³-hybridized carbons (Fsp3) is 0.462. The van der Waals surface area contributed by atoms with E-state index in [1.807, 2.05) is 34.5 Å². The molecule has 1 aliphatic heterocycles. The monoisotopic (exact) mass is 514 g/mol. The summed E-state index contributed by atoms with van der Waals surface area (Å²) in [4.78, 5) is 15.4. The Bertz CT molecular complexity index is 1220. The zero-order chi connectivity index (χ0) is 24.8. The lowest BCUT2D eigenvalue weighted by Crippen LogP contribution is -2.29. The fourth-order valence-electron chi connectivity index (χ4n) is 4.78. The van der Waals surface area contributed by atoms with E-state index in [-0.39, 0.29) is 23.4 Å². The molecule has 2 aromatic heterocycles. The number of likely N-dealkylation sites (tertiary alicyclic amines) is 1. The molecule has 7 nitrogen and oxygen atoms in total. The number of carbonyl (C=O) groups excluding carboxylic acids is 1. The summed E-state index contributed by atoms with van der Waals surface area (Å²) in [7, 11) is -3.62. The third kappa shape index (κ3) is 6.02. The number of sulfonamides is 1. The van der Waals surface area contributed by atoms with Crippen molar-refractivity contribution in [3.05, 3.63) is 58.6 Å². The van der Waals surface area contributed by atoms with Gasteiger partial charge in [-0.2, -0.15) is 5.10 Å². The SMILES string of the molecule is CCCCCc1ccc(S(=O)(=O)NCCc2c(-c3cccs3)n[nH]c2C2CCCN2C(C)=O)cc1. The maximum atomic E-state index is 12.9. The lowest BCUT2D eigenvalue weighted by molar-refractivity contribution is -0.129. The highest BCUT2D eigenvalue weighted by molar-refractivity contribution is 7.89. The molecule has 1 aliphatic rings. The molecule has 1 unspecified atom stereocenters. The highest BCUT2D eigenvalue weighted by Crippen LogP contribution is 2.37. The minimum Gasteiger partial charge on any atom is -0.334 e. The van der Waals surface area contributed by atoms with Gasteiger partial charge in [0.2, 0.25) is 15.9 Å². The maximum Gasteiger partial charge on any atom is 0.240 e. The number of rotatable bonds is 11. The van der Waals surface area contributed by atoms with E-state index in [4.69, 9.17) is 0 Å². The Morgan fingerprint density at radius 3 is 2.69 bits per heavy atom. The number of amides is 1. The van der Waals surface area contributed by atoms with Gasteiger partial charge in [-0.15, -0.1) is 11.3 Å². The second kappa shape index (κ2) is 11.5. The molecular weight excluding hydrogens is 480 g/mol. The van der Waals surface area contributed by atoms with Crippen molar-refractivity contribution in [1.82, 2.24) is 19.8 Å². The molecule has 0 bridgehead atoms. The number of nitrogens with zero attached hydrogens (tertiary/aromatic N) is 2. The molecule has 1 atom stereocenters. The summed E-state index contributed by atoms with van der Waals surface area (Å²) in [6, 6.07) is 11.1. The number of aromatic amines is 1. The Morgan fingerprint density at radius 1 is 1.20 bits per heavy atom. The summed E-state index contributed by atoms with van der Waals surface area (Å²) in [5.74, 6) is 0.0459. The van der Waals surface area contributed by atoms with Gasteiger partial charge in [0, 0.05) is 25.6 Å². The van der Waals surface area contributed by atoms with Gasteiger partial charge < -0.3 is 4.90 Å². The average molecular weight is 515 g/mol. The van der Waals surface area contributed by atoms with Crippen LogP contribution < -0.4 is 4.72 Å². The van der Waals surface area contributed by atoms with E-state index >= 15 is 0 Å². The van der Waals surface area contributed by atoms with E-state index in [2.05, 4.69) is 21.8 Å². The molecular formula is C26H34N4O3S2. The molecule has 0 spiro atoms. The van der Waals surface area contributed by atoms with E-state index < -0.39 is 10.0 Å². The molecule has 1 aromatic carbocycles. The number of hydrogen-bond acceptors (Lipinski definition) is 5. The van der Waals surface area contributed by atoms with Crippen LogP contribution in [0.3, 0.4) is 0 Å². The zero-order valence-electron chi connectivity index (χ0n) is 20.4. The highest BCUT2D eigenvalue weighted by atomic mass is 32.2. The molecule has 3 aromatic rings. The Hall–Kier alpha value is -2.49. The molecule has 1 amide bonds. The summed E-state index contributed by atoms with van der Waals surface area (Å²) in [6.07, 6.45) is 6.71. The van der Waals surface area contributed by atoms with Crippen LogP contribution >= 0.6 is 11.3 Å². The van der Waals surface area contributed by atoms with Crippen LogP contribution in [0.1, 0.15) is 68.8 Å². The highest BCUT2D eigenvalue weighted by Gasteiger charge is 2.32. The number of hydrogen-bond donors (Lipinski definition) is 2. The van der Waals surface area contributed by atoms with Crippen LogP contribution in [0, 0.1) is 0 Å². The second-order valence-corrected chi connectivity index (χ2v) is 11.8. The average Bonchev–Trinajstić information content (AvgIpc) is 3.59. The Kier molecular flexibility index (Phi) is 8.41. The lowest BCUT2D eigenvalue weighted by Gasteiger charge is -2.23. The van der Waals surface area contributed by atoms with Crippen LogP contribution in [0.25, 0.3) is 10.6 Å². The largest absolute Gasteiger partial charge is 0.334 e. The van der Waals surface area contributed by atoms with E-state index in [1.54, 1.807) is 30.4 Å². The molecule has 9 heteroatoms. The van der Waals surface area contributed by atoms with Crippen LogP contribution in [0.5, 0.6) is 0 Å². The summed E-state index contributed by atoms with van der Waals surface area (Å²) < 4.78 is 28.6. The van der Waals surface area contributed by atoms with Crippen molar-refractivity contribution in [1.29, 1.82) is 0 Å². The number of unbranched alkanes of at least 4 members (excludes halogenated alkanes) is 2. The first kappa shape index (κ1) is 25.6. The summed E-state index contributed by atoms with van der Waals surface area (Å²) in [6.45, 7) is 4.74. The van der Waals surface area contributed by atoms with E-state index in [1.165, 1.54) is 6.42 Å².